The molecular formula is C48H49N3. The van der Waals surface area contributed by atoms with E-state index in [4.69, 9.17) is 15.0 Å². The summed E-state index contributed by atoms with van der Waals surface area (Å²) in [7, 11) is 0. The summed E-state index contributed by atoms with van der Waals surface area (Å²) < 4.78 is 0. The van der Waals surface area contributed by atoms with E-state index in [9.17, 15) is 0 Å². The molecule has 0 unspecified atom stereocenters. The first-order valence-electron chi connectivity index (χ1n) is 18.7. The molecular weight excluding hydrogens is 619 g/mol. The van der Waals surface area contributed by atoms with E-state index in [2.05, 4.69) is 150 Å². The Kier molecular flexibility index (Phi) is 10.1. The van der Waals surface area contributed by atoms with Crippen LogP contribution in [0.3, 0.4) is 0 Å². The second-order valence-electron chi connectivity index (χ2n) is 14.7. The highest BCUT2D eigenvalue weighted by Gasteiger charge is 2.23. The van der Waals surface area contributed by atoms with Crippen molar-refractivity contribution < 1.29 is 0 Å². The van der Waals surface area contributed by atoms with Crippen molar-refractivity contribution in [3.05, 3.63) is 155 Å². The molecule has 256 valence electrons. The number of rotatable bonds is 9. The Morgan fingerprint density at radius 2 is 1.49 bits per heavy atom. The molecule has 0 amide bonds. The fraction of sp³-hybridized carbons (Fsp3) is 0.271. The van der Waals surface area contributed by atoms with Gasteiger partial charge >= 0.3 is 0 Å². The van der Waals surface area contributed by atoms with Crippen LogP contribution in [-0.2, 0) is 0 Å². The summed E-state index contributed by atoms with van der Waals surface area (Å²) in [5, 5.41) is 1.16. The molecule has 0 atom stereocenters. The quantitative estimate of drug-likeness (QED) is 0.147. The molecule has 2 aliphatic carbocycles. The fourth-order valence-electron chi connectivity index (χ4n) is 7.16. The number of hydrogen-bond acceptors (Lipinski definition) is 3. The number of hydrogen-bond donors (Lipinski definition) is 0. The molecule has 2 aromatic heterocycles. The molecule has 7 rings (SSSR count). The highest BCUT2D eigenvalue weighted by atomic mass is 14.9. The molecule has 0 spiro atoms. The third-order valence-corrected chi connectivity index (χ3v) is 10.3. The van der Waals surface area contributed by atoms with Crippen LogP contribution < -0.4 is 0 Å². The van der Waals surface area contributed by atoms with E-state index in [1.807, 2.05) is 0 Å². The Bertz CT molecular complexity index is 2230. The fourth-order valence-corrected chi connectivity index (χ4v) is 7.16. The number of allylic oxidation sites excluding steroid dienone is 8. The van der Waals surface area contributed by atoms with Gasteiger partial charge in [0.2, 0.25) is 0 Å². The van der Waals surface area contributed by atoms with E-state index < -0.39 is 0 Å². The highest BCUT2D eigenvalue weighted by Crippen LogP contribution is 2.39. The van der Waals surface area contributed by atoms with Gasteiger partial charge in [-0.25, -0.2) is 9.97 Å². The van der Waals surface area contributed by atoms with Crippen LogP contribution in [0, 0.1) is 12.8 Å². The number of aryl methyl sites for hydroxylation is 1. The Morgan fingerprint density at radius 1 is 0.725 bits per heavy atom. The first-order chi connectivity index (χ1) is 24.8. The van der Waals surface area contributed by atoms with Gasteiger partial charge in [0.15, 0.2) is 0 Å². The summed E-state index contributed by atoms with van der Waals surface area (Å²) in [5.41, 5.74) is 16.3. The minimum atomic E-state index is 0.312. The smallest absolute Gasteiger partial charge is 0.0973 e. The maximum Gasteiger partial charge on any atom is 0.0973 e. The maximum atomic E-state index is 5.61. The second-order valence-corrected chi connectivity index (χ2v) is 14.7. The van der Waals surface area contributed by atoms with Gasteiger partial charge in [-0.1, -0.05) is 137 Å². The molecule has 0 fully saturated rings. The lowest BCUT2D eigenvalue weighted by molar-refractivity contribution is 0.739. The van der Waals surface area contributed by atoms with E-state index in [1.54, 1.807) is 0 Å². The predicted molar refractivity (Wildman–Crippen MR) is 217 cm³/mol. The molecule has 51 heavy (non-hydrogen) atoms. The zero-order chi connectivity index (χ0) is 35.5. The van der Waals surface area contributed by atoms with Crippen LogP contribution in [0.15, 0.2) is 121 Å². The topological polar surface area (TPSA) is 38.7 Å². The largest absolute Gasteiger partial charge is 0.252 e. The van der Waals surface area contributed by atoms with E-state index in [0.29, 0.717) is 11.8 Å². The summed E-state index contributed by atoms with van der Waals surface area (Å²) in [6.07, 6.45) is 18.1. The lowest BCUT2D eigenvalue weighted by Crippen LogP contribution is -2.07. The summed E-state index contributed by atoms with van der Waals surface area (Å²) in [6.45, 7) is 15.5. The van der Waals surface area contributed by atoms with Crippen LogP contribution in [0.1, 0.15) is 106 Å². The molecule has 0 aliphatic heterocycles. The molecule has 3 heteroatoms. The van der Waals surface area contributed by atoms with E-state index >= 15 is 0 Å². The van der Waals surface area contributed by atoms with Crippen molar-refractivity contribution in [1.29, 1.82) is 0 Å². The van der Waals surface area contributed by atoms with Gasteiger partial charge < -0.3 is 0 Å². The van der Waals surface area contributed by atoms with Gasteiger partial charge in [0.25, 0.3) is 0 Å². The van der Waals surface area contributed by atoms with Gasteiger partial charge in [-0.15, -0.1) is 0 Å². The lowest BCUT2D eigenvalue weighted by atomic mass is 9.88. The van der Waals surface area contributed by atoms with Crippen molar-refractivity contribution in [2.45, 2.75) is 79.1 Å². The third kappa shape index (κ3) is 7.21. The average molecular weight is 668 g/mol. The van der Waals surface area contributed by atoms with Crippen LogP contribution in [0.5, 0.6) is 0 Å². The van der Waals surface area contributed by atoms with Gasteiger partial charge in [0.1, 0.15) is 0 Å². The van der Waals surface area contributed by atoms with Gasteiger partial charge in [0.05, 0.1) is 28.3 Å². The summed E-state index contributed by atoms with van der Waals surface area (Å²) >= 11 is 0. The Balaban J connectivity index is 1.45. The van der Waals surface area contributed by atoms with Crippen molar-refractivity contribution in [3.63, 3.8) is 0 Å². The lowest BCUT2D eigenvalue weighted by Gasteiger charge is -2.21. The minimum Gasteiger partial charge on any atom is -0.252 e. The molecule has 0 saturated carbocycles. The Morgan fingerprint density at radius 3 is 2.22 bits per heavy atom. The Labute approximate surface area is 304 Å². The summed E-state index contributed by atoms with van der Waals surface area (Å²) in [6, 6.07) is 28.3. The normalized spacial score (nSPS) is 15.0. The number of fused-ring (bicyclic) bond motifs is 1. The molecule has 3 aromatic carbocycles. The summed E-state index contributed by atoms with van der Waals surface area (Å²) in [4.78, 5) is 16.3. The van der Waals surface area contributed by atoms with Crippen LogP contribution in [0.25, 0.3) is 50.1 Å². The number of aromatic nitrogens is 3. The molecule has 5 aromatic rings. The third-order valence-electron chi connectivity index (χ3n) is 10.3. The molecule has 0 saturated heterocycles. The predicted octanol–water partition coefficient (Wildman–Crippen LogP) is 13.1. The second kappa shape index (κ2) is 15.0. The molecule has 2 heterocycles. The van der Waals surface area contributed by atoms with Gasteiger partial charge in [-0.3, -0.25) is 4.98 Å². The number of benzene rings is 3. The summed E-state index contributed by atoms with van der Waals surface area (Å²) in [5.74, 6) is 0.669. The highest BCUT2D eigenvalue weighted by molar-refractivity contribution is 5.93. The standard InChI is InChI=1S/C48H49N3/c1-31(2)33(5)29-42(41-27-25-38-26-28-43(32(3)4)49-44(38)34(41)6)39-23-16-24-40(30-39)48-47(37-21-14-9-15-22-37)50-45(35-17-10-7-11-18-35)46(51-48)36-19-12-8-13-20-36/h9-10,14-19,21-32H,5,7-8,11-13,20H2,1-4,6H3/b42-29-. The van der Waals surface area contributed by atoms with Crippen LogP contribution >= 0.6 is 0 Å². The van der Waals surface area contributed by atoms with Crippen molar-refractivity contribution >= 4 is 27.6 Å². The molecule has 0 N–H and O–H groups in total. The maximum absolute atomic E-state index is 5.61. The Hall–Kier alpha value is -5.15. The van der Waals surface area contributed by atoms with E-state index in [1.165, 1.54) is 35.1 Å². The van der Waals surface area contributed by atoms with E-state index in [-0.39, 0.29) is 0 Å². The van der Waals surface area contributed by atoms with Crippen LogP contribution in [0.2, 0.25) is 0 Å². The average Bonchev–Trinajstić information content (AvgIpc) is 3.17. The van der Waals surface area contributed by atoms with Gasteiger partial charge in [0, 0.05) is 22.2 Å². The van der Waals surface area contributed by atoms with E-state index in [0.717, 1.165) is 92.9 Å². The number of pyridine rings is 1. The molecule has 0 radical (unpaired) electrons. The monoisotopic (exact) mass is 667 g/mol. The SMILES string of the molecule is C=C(/C=C(/c1cccc(-c2nc(C3=CCCCC3)c(C3=CCCC=C3)nc2-c2ccccc2)c1)c1ccc2ccc(C(C)C)nc2c1C)C(C)C. The van der Waals surface area contributed by atoms with Gasteiger partial charge in [-0.2, -0.15) is 0 Å². The van der Waals surface area contributed by atoms with Crippen LogP contribution in [0.4, 0.5) is 0 Å². The first kappa shape index (κ1) is 34.3. The molecule has 2 aliphatic rings. The van der Waals surface area contributed by atoms with Crippen LogP contribution in [-0.4, -0.2) is 15.0 Å². The van der Waals surface area contributed by atoms with Crippen molar-refractivity contribution in [2.24, 2.45) is 5.92 Å². The minimum absolute atomic E-state index is 0.312. The zero-order valence-corrected chi connectivity index (χ0v) is 30.8. The van der Waals surface area contributed by atoms with Gasteiger partial charge in [-0.05, 0) is 103 Å². The first-order valence-corrected chi connectivity index (χ1v) is 18.7. The number of nitrogens with zero attached hydrogens (tertiary/aromatic N) is 3. The van der Waals surface area contributed by atoms with Crippen molar-refractivity contribution in [3.8, 4) is 22.5 Å². The molecule has 0 bridgehead atoms. The zero-order valence-electron chi connectivity index (χ0n) is 30.8. The van der Waals surface area contributed by atoms with Crippen molar-refractivity contribution in [1.82, 2.24) is 15.0 Å². The van der Waals surface area contributed by atoms with Crippen molar-refractivity contribution in [2.75, 3.05) is 0 Å². The molecule has 3 nitrogen and oxygen atoms in total.